The molecule has 1 heterocycles. The van der Waals surface area contributed by atoms with Crippen LogP contribution in [-0.4, -0.2) is 42.5 Å². The van der Waals surface area contributed by atoms with Crippen LogP contribution >= 0.6 is 11.8 Å². The van der Waals surface area contributed by atoms with Crippen LogP contribution in [0.2, 0.25) is 0 Å². The Labute approximate surface area is 96.3 Å². The van der Waals surface area contributed by atoms with Gasteiger partial charge in [-0.15, -0.1) is 0 Å². The third-order valence-electron chi connectivity index (χ3n) is 2.21. The van der Waals surface area contributed by atoms with Gasteiger partial charge >= 0.3 is 0 Å². The van der Waals surface area contributed by atoms with E-state index in [1.807, 2.05) is 31.1 Å². The van der Waals surface area contributed by atoms with Crippen LogP contribution in [0.3, 0.4) is 0 Å². The number of hydrogen-bond donors (Lipinski definition) is 1. The maximum absolute atomic E-state index is 4.35. The van der Waals surface area contributed by atoms with Gasteiger partial charge in [0.2, 0.25) is 0 Å². The Kier molecular flexibility index (Phi) is 5.50. The Balaban J connectivity index is 2.48. The highest BCUT2D eigenvalue weighted by Gasteiger charge is 2.01. The van der Waals surface area contributed by atoms with Crippen molar-refractivity contribution < 1.29 is 0 Å². The van der Waals surface area contributed by atoms with Gasteiger partial charge in [0.05, 0.1) is 5.69 Å². The van der Waals surface area contributed by atoms with Crippen LogP contribution in [0.4, 0.5) is 5.69 Å². The summed E-state index contributed by atoms with van der Waals surface area (Å²) in [4.78, 5) is 6.64. The molecule has 1 aromatic rings. The minimum Gasteiger partial charge on any atom is -0.388 e. The lowest BCUT2D eigenvalue weighted by molar-refractivity contribution is 0.344. The van der Waals surface area contributed by atoms with Crippen molar-refractivity contribution in [3.05, 3.63) is 24.0 Å². The van der Waals surface area contributed by atoms with E-state index in [4.69, 9.17) is 0 Å². The standard InChI is InChI=1S/C11H19N3S/c1-12-10-4-5-13-11(8-10)9-14(2)6-7-15-3/h4-5,8H,6-7,9H2,1-3H3,(H,12,13). The second-order valence-corrected chi connectivity index (χ2v) is 4.50. The predicted molar refractivity (Wildman–Crippen MR) is 68.5 cm³/mol. The normalized spacial score (nSPS) is 10.7. The van der Waals surface area contributed by atoms with E-state index >= 15 is 0 Å². The monoisotopic (exact) mass is 225 g/mol. The molecule has 15 heavy (non-hydrogen) atoms. The maximum atomic E-state index is 4.35. The number of hydrogen-bond acceptors (Lipinski definition) is 4. The molecule has 0 radical (unpaired) electrons. The maximum Gasteiger partial charge on any atom is 0.0564 e. The first-order chi connectivity index (χ1) is 7.26. The van der Waals surface area contributed by atoms with Crippen molar-refractivity contribution in [1.29, 1.82) is 0 Å². The van der Waals surface area contributed by atoms with Crippen molar-refractivity contribution >= 4 is 17.4 Å². The Morgan fingerprint density at radius 2 is 2.33 bits per heavy atom. The summed E-state index contributed by atoms with van der Waals surface area (Å²) in [5.41, 5.74) is 2.24. The zero-order valence-electron chi connectivity index (χ0n) is 9.66. The van der Waals surface area contributed by atoms with Crippen LogP contribution in [0.25, 0.3) is 0 Å². The molecule has 0 aliphatic heterocycles. The van der Waals surface area contributed by atoms with Gasteiger partial charge in [-0.25, -0.2) is 0 Å². The number of rotatable bonds is 6. The first kappa shape index (κ1) is 12.3. The van der Waals surface area contributed by atoms with Crippen LogP contribution in [0.1, 0.15) is 5.69 Å². The van der Waals surface area contributed by atoms with Crippen LogP contribution in [-0.2, 0) is 6.54 Å². The molecule has 1 rings (SSSR count). The molecular weight excluding hydrogens is 206 g/mol. The number of anilines is 1. The van der Waals surface area contributed by atoms with Gasteiger partial charge in [-0.2, -0.15) is 11.8 Å². The highest BCUT2D eigenvalue weighted by atomic mass is 32.2. The molecule has 0 amide bonds. The molecule has 0 aliphatic rings. The summed E-state index contributed by atoms with van der Waals surface area (Å²) in [6.07, 6.45) is 3.98. The van der Waals surface area contributed by atoms with Gasteiger partial charge in [-0.05, 0) is 25.4 Å². The molecule has 1 N–H and O–H groups in total. The minimum atomic E-state index is 0.913. The van der Waals surface area contributed by atoms with Crippen molar-refractivity contribution in [3.8, 4) is 0 Å². The summed E-state index contributed by atoms with van der Waals surface area (Å²) in [6, 6.07) is 4.07. The third kappa shape index (κ3) is 4.53. The van der Waals surface area contributed by atoms with E-state index in [-0.39, 0.29) is 0 Å². The number of nitrogens with zero attached hydrogens (tertiary/aromatic N) is 2. The molecule has 3 nitrogen and oxygen atoms in total. The van der Waals surface area contributed by atoms with Crippen LogP contribution in [0.15, 0.2) is 18.3 Å². The largest absolute Gasteiger partial charge is 0.388 e. The zero-order chi connectivity index (χ0) is 11.1. The molecule has 1 aromatic heterocycles. The van der Waals surface area contributed by atoms with Gasteiger partial charge in [-0.1, -0.05) is 0 Å². The molecular formula is C11H19N3S. The molecule has 0 saturated carbocycles. The van der Waals surface area contributed by atoms with Gasteiger partial charge in [-0.3, -0.25) is 9.88 Å². The van der Waals surface area contributed by atoms with Crippen molar-refractivity contribution in [2.75, 3.05) is 38.0 Å². The SMILES string of the molecule is CNc1ccnc(CN(C)CCSC)c1. The van der Waals surface area contributed by atoms with E-state index in [0.29, 0.717) is 0 Å². The second-order valence-electron chi connectivity index (χ2n) is 3.52. The summed E-state index contributed by atoms with van der Waals surface area (Å²) in [6.45, 7) is 2.02. The Morgan fingerprint density at radius 1 is 1.53 bits per heavy atom. The Hall–Kier alpha value is -0.740. The fourth-order valence-corrected chi connectivity index (χ4v) is 1.82. The van der Waals surface area contributed by atoms with Crippen molar-refractivity contribution in [2.24, 2.45) is 0 Å². The second kappa shape index (κ2) is 6.69. The average Bonchev–Trinajstić information content (AvgIpc) is 2.26. The highest BCUT2D eigenvalue weighted by Crippen LogP contribution is 2.08. The lowest BCUT2D eigenvalue weighted by Gasteiger charge is -2.15. The smallest absolute Gasteiger partial charge is 0.0564 e. The quantitative estimate of drug-likeness (QED) is 0.800. The number of aromatic nitrogens is 1. The number of nitrogens with one attached hydrogen (secondary N) is 1. The number of thioether (sulfide) groups is 1. The molecule has 0 bridgehead atoms. The molecule has 84 valence electrons. The first-order valence-corrected chi connectivity index (χ1v) is 6.46. The van der Waals surface area contributed by atoms with E-state index in [1.165, 1.54) is 5.75 Å². The van der Waals surface area contributed by atoms with E-state index < -0.39 is 0 Å². The van der Waals surface area contributed by atoms with E-state index in [0.717, 1.165) is 24.5 Å². The molecule has 0 saturated heterocycles. The van der Waals surface area contributed by atoms with Crippen molar-refractivity contribution in [1.82, 2.24) is 9.88 Å². The van der Waals surface area contributed by atoms with Crippen LogP contribution in [0.5, 0.6) is 0 Å². The summed E-state index contributed by atoms with van der Waals surface area (Å²) >= 11 is 1.87. The zero-order valence-corrected chi connectivity index (χ0v) is 10.5. The molecule has 0 aliphatic carbocycles. The van der Waals surface area contributed by atoms with E-state index in [9.17, 15) is 0 Å². The van der Waals surface area contributed by atoms with E-state index in [2.05, 4.69) is 34.6 Å². The molecule has 4 heteroatoms. The topological polar surface area (TPSA) is 28.2 Å². The summed E-state index contributed by atoms with van der Waals surface area (Å²) in [5.74, 6) is 1.17. The Bertz CT molecular complexity index is 291. The van der Waals surface area contributed by atoms with Crippen molar-refractivity contribution in [2.45, 2.75) is 6.54 Å². The summed E-state index contributed by atoms with van der Waals surface area (Å²) in [7, 11) is 4.06. The average molecular weight is 225 g/mol. The molecule has 0 fully saturated rings. The van der Waals surface area contributed by atoms with Gasteiger partial charge in [0.1, 0.15) is 0 Å². The molecule has 0 aromatic carbocycles. The molecule has 0 atom stereocenters. The van der Waals surface area contributed by atoms with Gasteiger partial charge in [0.15, 0.2) is 0 Å². The van der Waals surface area contributed by atoms with Crippen molar-refractivity contribution in [3.63, 3.8) is 0 Å². The highest BCUT2D eigenvalue weighted by molar-refractivity contribution is 7.98. The van der Waals surface area contributed by atoms with Gasteiger partial charge in [0, 0.05) is 37.8 Å². The number of pyridine rings is 1. The first-order valence-electron chi connectivity index (χ1n) is 5.06. The lowest BCUT2D eigenvalue weighted by Crippen LogP contribution is -2.21. The fraction of sp³-hybridized carbons (Fsp3) is 0.545. The molecule has 0 spiro atoms. The summed E-state index contributed by atoms with van der Waals surface area (Å²) in [5, 5.41) is 3.12. The van der Waals surface area contributed by atoms with Crippen LogP contribution < -0.4 is 5.32 Å². The predicted octanol–water partition coefficient (Wildman–Crippen LogP) is 1.92. The fourth-order valence-electron chi connectivity index (χ4n) is 1.32. The lowest BCUT2D eigenvalue weighted by atomic mass is 10.3. The van der Waals surface area contributed by atoms with Gasteiger partial charge in [0.25, 0.3) is 0 Å². The minimum absolute atomic E-state index is 0.913. The van der Waals surface area contributed by atoms with Gasteiger partial charge < -0.3 is 5.32 Å². The third-order valence-corrected chi connectivity index (χ3v) is 2.81. The summed E-state index contributed by atoms with van der Waals surface area (Å²) < 4.78 is 0. The van der Waals surface area contributed by atoms with E-state index in [1.54, 1.807) is 0 Å². The van der Waals surface area contributed by atoms with Crippen LogP contribution in [0, 0.1) is 0 Å². The molecule has 0 unspecified atom stereocenters. The Morgan fingerprint density at radius 3 is 3.00 bits per heavy atom.